The fraction of sp³-hybridized carbons (Fsp3) is 0.812. The van der Waals surface area contributed by atoms with Gasteiger partial charge in [-0.25, -0.2) is 0 Å². The molecule has 23 heavy (non-hydrogen) atoms. The van der Waals surface area contributed by atoms with Gasteiger partial charge in [0.1, 0.15) is 5.01 Å². The lowest BCUT2D eigenvalue weighted by molar-refractivity contribution is -0.121. The van der Waals surface area contributed by atoms with Gasteiger partial charge in [0, 0.05) is 24.7 Å². The Morgan fingerprint density at radius 1 is 1.26 bits per heavy atom. The second-order valence-electron chi connectivity index (χ2n) is 7.39. The van der Waals surface area contributed by atoms with E-state index < -0.39 is 0 Å². The van der Waals surface area contributed by atoms with E-state index in [4.69, 9.17) is 4.74 Å². The topological polar surface area (TPSA) is 67.4 Å². The van der Waals surface area contributed by atoms with E-state index in [0.717, 1.165) is 50.4 Å². The molecule has 3 heterocycles. The number of amides is 1. The third-order valence-electron chi connectivity index (χ3n) is 4.55. The van der Waals surface area contributed by atoms with Crippen LogP contribution < -0.4 is 5.32 Å². The van der Waals surface area contributed by atoms with E-state index in [2.05, 4.69) is 41.2 Å². The van der Waals surface area contributed by atoms with Crippen LogP contribution in [0.3, 0.4) is 0 Å². The maximum absolute atomic E-state index is 12.7. The summed E-state index contributed by atoms with van der Waals surface area (Å²) in [5, 5.41) is 12.9. The van der Waals surface area contributed by atoms with Crippen molar-refractivity contribution < 1.29 is 9.53 Å². The Kier molecular flexibility index (Phi) is 4.98. The zero-order valence-electron chi connectivity index (χ0n) is 14.2. The Morgan fingerprint density at radius 2 is 2.00 bits per heavy atom. The van der Waals surface area contributed by atoms with Gasteiger partial charge in [0.15, 0.2) is 0 Å². The number of aromatic nitrogens is 2. The van der Waals surface area contributed by atoms with Crippen LogP contribution in [-0.4, -0.2) is 52.8 Å². The van der Waals surface area contributed by atoms with Gasteiger partial charge in [0.25, 0.3) is 0 Å². The van der Waals surface area contributed by atoms with Crippen molar-refractivity contribution in [1.29, 1.82) is 0 Å². The third-order valence-corrected chi connectivity index (χ3v) is 5.82. The lowest BCUT2D eigenvalue weighted by atomic mass is 9.98. The number of carbonyl (C=O) groups excluding carboxylic acids is 1. The molecule has 1 aromatic heterocycles. The maximum atomic E-state index is 12.7. The van der Waals surface area contributed by atoms with Crippen molar-refractivity contribution >= 4 is 22.4 Å². The summed E-state index contributed by atoms with van der Waals surface area (Å²) in [5.74, 6) is 0.0607. The molecule has 2 aliphatic heterocycles. The summed E-state index contributed by atoms with van der Waals surface area (Å²) in [6, 6.07) is 0.432. The van der Waals surface area contributed by atoms with Gasteiger partial charge < -0.3 is 4.74 Å². The molecule has 7 heteroatoms. The second-order valence-corrected chi connectivity index (χ2v) is 8.37. The van der Waals surface area contributed by atoms with Gasteiger partial charge in [-0.2, -0.15) is 0 Å². The molecule has 0 unspecified atom stereocenters. The molecule has 1 aromatic rings. The van der Waals surface area contributed by atoms with Crippen LogP contribution in [-0.2, 0) is 14.9 Å². The highest BCUT2D eigenvalue weighted by molar-refractivity contribution is 7.15. The predicted molar refractivity (Wildman–Crippen MR) is 90.8 cm³/mol. The molecule has 1 amide bonds. The highest BCUT2D eigenvalue weighted by Gasteiger charge is 2.36. The van der Waals surface area contributed by atoms with Gasteiger partial charge >= 0.3 is 0 Å². The molecule has 2 aliphatic rings. The molecular formula is C16H26N4O2S. The van der Waals surface area contributed by atoms with Gasteiger partial charge in [-0.05, 0) is 32.2 Å². The van der Waals surface area contributed by atoms with Crippen molar-refractivity contribution in [2.75, 3.05) is 25.1 Å². The van der Waals surface area contributed by atoms with Crippen LogP contribution in [0.25, 0.3) is 0 Å². The molecule has 3 rings (SSSR count). The summed E-state index contributed by atoms with van der Waals surface area (Å²) in [7, 11) is 0. The Morgan fingerprint density at radius 3 is 2.65 bits per heavy atom. The Bertz CT molecular complexity index is 549. The van der Waals surface area contributed by atoms with Crippen LogP contribution in [0.15, 0.2) is 0 Å². The normalized spacial score (nSPS) is 24.0. The average Bonchev–Trinajstić information content (AvgIpc) is 3.16. The fourth-order valence-corrected chi connectivity index (χ4v) is 4.09. The molecule has 1 atom stereocenters. The first-order valence-electron chi connectivity index (χ1n) is 8.43. The van der Waals surface area contributed by atoms with Crippen molar-refractivity contribution in [3.8, 4) is 0 Å². The summed E-state index contributed by atoms with van der Waals surface area (Å²) >= 11 is 1.47. The van der Waals surface area contributed by atoms with Gasteiger partial charge in [0.05, 0.1) is 6.04 Å². The third kappa shape index (κ3) is 3.89. The van der Waals surface area contributed by atoms with Crippen LogP contribution in [0.4, 0.5) is 5.13 Å². The van der Waals surface area contributed by atoms with Crippen molar-refractivity contribution in [1.82, 2.24) is 15.1 Å². The zero-order valence-corrected chi connectivity index (χ0v) is 15.0. The largest absolute Gasteiger partial charge is 0.381 e. The summed E-state index contributed by atoms with van der Waals surface area (Å²) < 4.78 is 5.44. The number of carbonyl (C=O) groups is 1. The average molecular weight is 338 g/mol. The minimum atomic E-state index is -0.0416. The van der Waals surface area contributed by atoms with Gasteiger partial charge in [-0.15, -0.1) is 10.2 Å². The Balaban J connectivity index is 1.63. The summed E-state index contributed by atoms with van der Waals surface area (Å²) in [4.78, 5) is 15.0. The van der Waals surface area contributed by atoms with Crippen LogP contribution in [0.5, 0.6) is 0 Å². The lowest BCUT2D eigenvalue weighted by Gasteiger charge is -2.34. The summed E-state index contributed by atoms with van der Waals surface area (Å²) in [6.07, 6.45) is 4.06. The number of ether oxygens (including phenoxy) is 1. The maximum Gasteiger partial charge on any atom is 0.243 e. The number of likely N-dealkylation sites (tertiary alicyclic amines) is 1. The second kappa shape index (κ2) is 6.83. The molecule has 2 saturated heterocycles. The molecule has 128 valence electrons. The standard InChI is InChI=1S/C16H26N4O2S/c1-16(2,3)14-18-19-15(23-14)17-13(21)12-5-4-8-20(12)11-6-9-22-10-7-11/h11-12H,4-10H2,1-3H3,(H,17,19,21)/t12-/m0/s1. The van der Waals surface area contributed by atoms with Crippen LogP contribution in [0.1, 0.15) is 51.5 Å². The minimum Gasteiger partial charge on any atom is -0.381 e. The smallest absolute Gasteiger partial charge is 0.243 e. The number of anilines is 1. The van der Waals surface area contributed by atoms with Crippen molar-refractivity contribution in [2.24, 2.45) is 0 Å². The Hall–Kier alpha value is -1.05. The molecule has 0 saturated carbocycles. The molecule has 2 fully saturated rings. The SMILES string of the molecule is CC(C)(C)c1nnc(NC(=O)[C@@H]2CCCN2C2CCOCC2)s1. The van der Waals surface area contributed by atoms with Gasteiger partial charge in [-0.1, -0.05) is 32.1 Å². The summed E-state index contributed by atoms with van der Waals surface area (Å²) in [6.45, 7) is 8.92. The van der Waals surface area contributed by atoms with Crippen LogP contribution in [0, 0.1) is 0 Å². The van der Waals surface area contributed by atoms with E-state index in [-0.39, 0.29) is 17.4 Å². The molecule has 0 radical (unpaired) electrons. The van der Waals surface area contributed by atoms with E-state index >= 15 is 0 Å². The van der Waals surface area contributed by atoms with Crippen molar-refractivity contribution in [2.45, 2.75) is 64.0 Å². The number of hydrogen-bond donors (Lipinski definition) is 1. The minimum absolute atomic E-state index is 0.0395. The lowest BCUT2D eigenvalue weighted by Crippen LogP contribution is -2.47. The Labute approximate surface area is 141 Å². The highest BCUT2D eigenvalue weighted by atomic mass is 32.1. The number of nitrogens with zero attached hydrogens (tertiary/aromatic N) is 3. The van der Waals surface area contributed by atoms with Gasteiger partial charge in [-0.3, -0.25) is 15.0 Å². The van der Waals surface area contributed by atoms with E-state index in [1.807, 2.05) is 0 Å². The van der Waals surface area contributed by atoms with E-state index in [0.29, 0.717) is 11.2 Å². The molecule has 0 bridgehead atoms. The molecule has 1 N–H and O–H groups in total. The number of rotatable bonds is 3. The molecule has 0 aliphatic carbocycles. The zero-order chi connectivity index (χ0) is 16.4. The fourth-order valence-electron chi connectivity index (χ4n) is 3.29. The van der Waals surface area contributed by atoms with Crippen molar-refractivity contribution in [3.05, 3.63) is 5.01 Å². The van der Waals surface area contributed by atoms with Crippen LogP contribution in [0.2, 0.25) is 0 Å². The van der Waals surface area contributed by atoms with E-state index in [1.165, 1.54) is 11.3 Å². The van der Waals surface area contributed by atoms with E-state index in [1.54, 1.807) is 0 Å². The molecule has 6 nitrogen and oxygen atoms in total. The van der Waals surface area contributed by atoms with E-state index in [9.17, 15) is 4.79 Å². The van der Waals surface area contributed by atoms with Crippen molar-refractivity contribution in [3.63, 3.8) is 0 Å². The highest BCUT2D eigenvalue weighted by Crippen LogP contribution is 2.29. The first-order valence-corrected chi connectivity index (χ1v) is 9.25. The first kappa shape index (κ1) is 16.8. The number of nitrogens with one attached hydrogen (secondary N) is 1. The quantitative estimate of drug-likeness (QED) is 0.917. The van der Waals surface area contributed by atoms with Crippen LogP contribution >= 0.6 is 11.3 Å². The van der Waals surface area contributed by atoms with Gasteiger partial charge in [0.2, 0.25) is 11.0 Å². The molecule has 0 spiro atoms. The summed E-state index contributed by atoms with van der Waals surface area (Å²) in [5.41, 5.74) is -0.0395. The first-order chi connectivity index (χ1) is 10.9. The molecular weight excluding hydrogens is 312 g/mol. The molecule has 0 aromatic carbocycles. The number of hydrogen-bond acceptors (Lipinski definition) is 6. The predicted octanol–water partition coefficient (Wildman–Crippen LogP) is 2.42. The monoisotopic (exact) mass is 338 g/mol.